The zero-order valence-corrected chi connectivity index (χ0v) is 19.2. The van der Waals surface area contributed by atoms with Crippen LogP contribution in [0.15, 0.2) is 54.6 Å². The molecule has 0 bridgehead atoms. The minimum absolute atomic E-state index is 0.0338. The Morgan fingerprint density at radius 2 is 1.71 bits per heavy atom. The number of aliphatic hydroxyl groups excluding tert-OH is 1. The second-order valence-corrected chi connectivity index (χ2v) is 10.7. The molecule has 2 fully saturated rings. The van der Waals surface area contributed by atoms with Gasteiger partial charge in [-0.25, -0.2) is 0 Å². The third kappa shape index (κ3) is 3.72. The first kappa shape index (κ1) is 20.2. The monoisotopic (exact) mass is 489 g/mol. The van der Waals surface area contributed by atoms with Crippen molar-refractivity contribution in [3.05, 3.63) is 63.7 Å². The molecule has 4 rings (SSSR count). The first-order chi connectivity index (χ1) is 13.4. The summed E-state index contributed by atoms with van der Waals surface area (Å²) >= 11 is 2.36. The molecule has 2 saturated carbocycles. The molecule has 2 aliphatic carbocycles. The van der Waals surface area contributed by atoms with Gasteiger partial charge < -0.3 is 10.4 Å². The molecule has 3 unspecified atom stereocenters. The van der Waals surface area contributed by atoms with E-state index in [-0.39, 0.29) is 16.9 Å². The van der Waals surface area contributed by atoms with E-state index in [2.05, 4.69) is 96.4 Å². The van der Waals surface area contributed by atoms with Crippen LogP contribution in [0.25, 0.3) is 0 Å². The van der Waals surface area contributed by atoms with Gasteiger partial charge in [-0.1, -0.05) is 50.6 Å². The van der Waals surface area contributed by atoms with E-state index in [9.17, 15) is 5.11 Å². The number of halogens is 1. The SMILES string of the molecule is CC1(Cc2ccccc2)C(Nc2ccc(I)cc2)CC[C@@]2(C)C1CCC[C@@H]2O. The van der Waals surface area contributed by atoms with Crippen LogP contribution in [0.1, 0.15) is 51.5 Å². The van der Waals surface area contributed by atoms with Crippen molar-refractivity contribution in [1.29, 1.82) is 0 Å². The van der Waals surface area contributed by atoms with E-state index < -0.39 is 0 Å². The molecule has 2 N–H and O–H groups in total. The zero-order valence-electron chi connectivity index (χ0n) is 17.0. The van der Waals surface area contributed by atoms with Crippen molar-refractivity contribution in [1.82, 2.24) is 0 Å². The van der Waals surface area contributed by atoms with Crippen LogP contribution >= 0.6 is 22.6 Å². The van der Waals surface area contributed by atoms with Gasteiger partial charge in [0.15, 0.2) is 0 Å². The zero-order chi connectivity index (χ0) is 19.8. The van der Waals surface area contributed by atoms with Gasteiger partial charge in [0.25, 0.3) is 0 Å². The standard InChI is InChI=1S/C25H32INO/c1-24-16-15-22(27-20-13-11-19(26)12-14-20)25(2,17-18-7-4-3-5-8-18)21(24)9-6-10-23(24)28/h3-5,7-8,11-14,21-23,27-28H,6,9-10,15-17H2,1-2H3/t21?,22?,23-,24-,25?/m0/s1. The molecule has 0 amide bonds. The Bertz CT molecular complexity index is 792. The first-order valence-electron chi connectivity index (χ1n) is 10.7. The molecule has 28 heavy (non-hydrogen) atoms. The fourth-order valence-electron chi connectivity index (χ4n) is 6.13. The van der Waals surface area contributed by atoms with Gasteiger partial charge in [-0.3, -0.25) is 0 Å². The maximum atomic E-state index is 10.9. The fraction of sp³-hybridized carbons (Fsp3) is 0.520. The summed E-state index contributed by atoms with van der Waals surface area (Å²) in [7, 11) is 0. The van der Waals surface area contributed by atoms with Crippen molar-refractivity contribution >= 4 is 28.3 Å². The number of nitrogens with one attached hydrogen (secondary N) is 1. The van der Waals surface area contributed by atoms with Crippen molar-refractivity contribution in [3.63, 3.8) is 0 Å². The summed E-state index contributed by atoms with van der Waals surface area (Å²) in [6, 6.07) is 20.1. The summed E-state index contributed by atoms with van der Waals surface area (Å²) in [6.07, 6.45) is 6.43. The van der Waals surface area contributed by atoms with Crippen molar-refractivity contribution in [2.24, 2.45) is 16.7 Å². The molecular formula is C25H32INO. The largest absolute Gasteiger partial charge is 0.393 e. The molecule has 0 aromatic heterocycles. The van der Waals surface area contributed by atoms with E-state index in [1.165, 1.54) is 21.2 Å². The summed E-state index contributed by atoms with van der Waals surface area (Å²) in [4.78, 5) is 0. The Morgan fingerprint density at radius 1 is 1.00 bits per heavy atom. The molecule has 0 heterocycles. The van der Waals surface area contributed by atoms with Crippen LogP contribution in [0.2, 0.25) is 0 Å². The van der Waals surface area contributed by atoms with Gasteiger partial charge >= 0.3 is 0 Å². The van der Waals surface area contributed by atoms with Gasteiger partial charge in [-0.05, 0) is 101 Å². The average molecular weight is 489 g/mol. The van der Waals surface area contributed by atoms with Gasteiger partial charge in [-0.2, -0.15) is 0 Å². The second-order valence-electron chi connectivity index (χ2n) is 9.42. The number of aliphatic hydroxyl groups is 1. The quantitative estimate of drug-likeness (QED) is 0.496. The predicted molar refractivity (Wildman–Crippen MR) is 126 cm³/mol. The fourth-order valence-corrected chi connectivity index (χ4v) is 6.48. The van der Waals surface area contributed by atoms with Crippen LogP contribution in [-0.2, 0) is 6.42 Å². The van der Waals surface area contributed by atoms with E-state index >= 15 is 0 Å². The van der Waals surface area contributed by atoms with Gasteiger partial charge in [0.2, 0.25) is 0 Å². The number of hydrogen-bond donors (Lipinski definition) is 2. The van der Waals surface area contributed by atoms with Crippen molar-refractivity contribution in [3.8, 4) is 0 Å². The number of benzene rings is 2. The smallest absolute Gasteiger partial charge is 0.0596 e. The average Bonchev–Trinajstić information content (AvgIpc) is 2.68. The Balaban J connectivity index is 1.69. The van der Waals surface area contributed by atoms with Crippen LogP contribution in [0.5, 0.6) is 0 Å². The first-order valence-corrected chi connectivity index (χ1v) is 11.7. The molecule has 5 atom stereocenters. The normalized spacial score (nSPS) is 35.2. The summed E-state index contributed by atoms with van der Waals surface area (Å²) in [5.41, 5.74) is 2.76. The summed E-state index contributed by atoms with van der Waals surface area (Å²) in [5.74, 6) is 0.527. The highest BCUT2D eigenvalue weighted by molar-refractivity contribution is 14.1. The number of fused-ring (bicyclic) bond motifs is 1. The van der Waals surface area contributed by atoms with Crippen LogP contribution in [0.3, 0.4) is 0 Å². The van der Waals surface area contributed by atoms with E-state index in [0.29, 0.717) is 12.0 Å². The molecule has 2 aromatic rings. The maximum Gasteiger partial charge on any atom is 0.0596 e. The Hall–Kier alpha value is -1.07. The van der Waals surface area contributed by atoms with E-state index in [1.54, 1.807) is 0 Å². The molecule has 0 spiro atoms. The highest BCUT2D eigenvalue weighted by Crippen LogP contribution is 2.59. The van der Waals surface area contributed by atoms with Crippen LogP contribution in [-0.4, -0.2) is 17.3 Å². The third-order valence-corrected chi connectivity index (χ3v) is 8.42. The lowest BCUT2D eigenvalue weighted by Crippen LogP contribution is -2.59. The molecule has 0 saturated heterocycles. The van der Waals surface area contributed by atoms with Crippen molar-refractivity contribution in [2.45, 2.75) is 64.5 Å². The Kier molecular flexibility index (Phi) is 5.76. The molecule has 2 aliphatic rings. The lowest BCUT2D eigenvalue weighted by atomic mass is 9.47. The van der Waals surface area contributed by atoms with Crippen LogP contribution in [0, 0.1) is 20.3 Å². The van der Waals surface area contributed by atoms with E-state index in [0.717, 1.165) is 32.1 Å². The summed E-state index contributed by atoms with van der Waals surface area (Å²) in [5, 5.41) is 14.8. The lowest BCUT2D eigenvalue weighted by Gasteiger charge is -2.60. The van der Waals surface area contributed by atoms with Crippen molar-refractivity contribution < 1.29 is 5.11 Å². The van der Waals surface area contributed by atoms with E-state index in [1.807, 2.05) is 0 Å². The highest BCUT2D eigenvalue weighted by atomic mass is 127. The maximum absolute atomic E-state index is 10.9. The topological polar surface area (TPSA) is 32.3 Å². The lowest BCUT2D eigenvalue weighted by molar-refractivity contribution is -0.124. The number of rotatable bonds is 4. The minimum Gasteiger partial charge on any atom is -0.393 e. The van der Waals surface area contributed by atoms with Gasteiger partial charge in [0.1, 0.15) is 0 Å². The van der Waals surface area contributed by atoms with Crippen molar-refractivity contribution in [2.75, 3.05) is 5.32 Å². The van der Waals surface area contributed by atoms with Crippen LogP contribution in [0.4, 0.5) is 5.69 Å². The van der Waals surface area contributed by atoms with Crippen LogP contribution < -0.4 is 5.32 Å². The number of hydrogen-bond acceptors (Lipinski definition) is 2. The minimum atomic E-state index is -0.166. The molecule has 0 aliphatic heterocycles. The van der Waals surface area contributed by atoms with Gasteiger partial charge in [0.05, 0.1) is 6.10 Å². The molecule has 2 nitrogen and oxygen atoms in total. The highest BCUT2D eigenvalue weighted by Gasteiger charge is 2.57. The van der Waals surface area contributed by atoms with Gasteiger partial charge in [-0.15, -0.1) is 0 Å². The predicted octanol–water partition coefficient (Wildman–Crippen LogP) is 6.28. The third-order valence-electron chi connectivity index (χ3n) is 7.70. The Labute approximate surface area is 183 Å². The number of anilines is 1. The van der Waals surface area contributed by atoms with E-state index in [4.69, 9.17) is 0 Å². The summed E-state index contributed by atoms with van der Waals surface area (Å²) in [6.45, 7) is 4.83. The molecule has 3 heteroatoms. The molecule has 150 valence electrons. The molecular weight excluding hydrogens is 457 g/mol. The molecule has 2 aromatic carbocycles. The molecule has 0 radical (unpaired) electrons. The van der Waals surface area contributed by atoms with Gasteiger partial charge in [0, 0.05) is 15.3 Å². The second kappa shape index (κ2) is 7.98. The summed E-state index contributed by atoms with van der Waals surface area (Å²) < 4.78 is 1.27. The Morgan fingerprint density at radius 3 is 2.43 bits per heavy atom.